The molecule has 3 aromatic rings. The van der Waals surface area contributed by atoms with Crippen LogP contribution in [0, 0.1) is 0 Å². The molecule has 1 heterocycles. The van der Waals surface area contributed by atoms with Crippen LogP contribution in [0.15, 0.2) is 54.6 Å². The van der Waals surface area contributed by atoms with Gasteiger partial charge in [-0.15, -0.1) is 10.2 Å². The zero-order valence-electron chi connectivity index (χ0n) is 16.4. The number of benzene rings is 2. The van der Waals surface area contributed by atoms with Gasteiger partial charge >= 0.3 is 0 Å². The maximum atomic E-state index is 12.3. The molecule has 0 saturated heterocycles. The van der Waals surface area contributed by atoms with Gasteiger partial charge in [-0.3, -0.25) is 4.79 Å². The molecular weight excluding hydrogens is 354 g/mol. The molecule has 1 atom stereocenters. The highest BCUT2D eigenvalue weighted by Gasteiger charge is 2.13. The van der Waals surface area contributed by atoms with Crippen molar-refractivity contribution in [1.29, 1.82) is 0 Å². The molecule has 146 valence electrons. The molecule has 2 aromatic carbocycles. The minimum absolute atomic E-state index is 0.00670. The first-order valence-corrected chi connectivity index (χ1v) is 9.35. The lowest BCUT2D eigenvalue weighted by molar-refractivity contribution is -0.122. The van der Waals surface area contributed by atoms with E-state index in [1.807, 2.05) is 49.4 Å². The number of ether oxygens (including phenoxy) is 1. The van der Waals surface area contributed by atoms with Crippen molar-refractivity contribution in [1.82, 2.24) is 25.5 Å². The molecule has 0 spiro atoms. The Kier molecular flexibility index (Phi) is 6.37. The summed E-state index contributed by atoms with van der Waals surface area (Å²) in [5.74, 6) is 1.47. The average molecular weight is 379 g/mol. The number of aromatic nitrogens is 4. The van der Waals surface area contributed by atoms with Crippen LogP contribution in [-0.2, 0) is 17.9 Å². The third kappa shape index (κ3) is 5.39. The van der Waals surface area contributed by atoms with Crippen LogP contribution in [0.5, 0.6) is 5.75 Å². The molecule has 1 N–H and O–H groups in total. The summed E-state index contributed by atoms with van der Waals surface area (Å²) in [4.78, 5) is 13.6. The molecule has 28 heavy (non-hydrogen) atoms. The number of tetrazole rings is 1. The van der Waals surface area contributed by atoms with Gasteiger partial charge < -0.3 is 10.1 Å². The zero-order chi connectivity index (χ0) is 19.9. The van der Waals surface area contributed by atoms with Crippen molar-refractivity contribution in [2.24, 2.45) is 0 Å². The first-order valence-electron chi connectivity index (χ1n) is 9.35. The van der Waals surface area contributed by atoms with Crippen molar-refractivity contribution < 1.29 is 9.53 Å². The molecule has 0 fully saturated rings. The summed E-state index contributed by atoms with van der Waals surface area (Å²) in [6.45, 7) is 6.47. The van der Waals surface area contributed by atoms with E-state index < -0.39 is 0 Å². The van der Waals surface area contributed by atoms with Crippen molar-refractivity contribution >= 4 is 5.91 Å². The lowest BCUT2D eigenvalue weighted by Gasteiger charge is -2.15. The molecule has 3 rings (SSSR count). The predicted molar refractivity (Wildman–Crippen MR) is 106 cm³/mol. The Balaban J connectivity index is 1.50. The molecule has 7 heteroatoms. The summed E-state index contributed by atoms with van der Waals surface area (Å²) < 4.78 is 5.58. The van der Waals surface area contributed by atoms with Crippen LogP contribution in [0.2, 0.25) is 0 Å². The van der Waals surface area contributed by atoms with E-state index in [2.05, 4.69) is 46.7 Å². The SMILES string of the molecule is CC(C)c1ccc([C@H](C)NC(=O)Cn2nnc(COc3ccccc3)n2)cc1. The number of para-hydroxylation sites is 1. The number of amides is 1. The van der Waals surface area contributed by atoms with E-state index in [4.69, 9.17) is 4.74 Å². The third-order valence-corrected chi connectivity index (χ3v) is 4.37. The molecule has 0 aliphatic carbocycles. The van der Waals surface area contributed by atoms with Crippen LogP contribution in [0.1, 0.15) is 49.7 Å². The Labute approximate surface area is 164 Å². The van der Waals surface area contributed by atoms with Crippen LogP contribution < -0.4 is 10.1 Å². The van der Waals surface area contributed by atoms with Crippen molar-refractivity contribution in [2.75, 3.05) is 0 Å². The van der Waals surface area contributed by atoms with Crippen LogP contribution in [0.3, 0.4) is 0 Å². The van der Waals surface area contributed by atoms with Gasteiger partial charge in [-0.2, -0.15) is 4.80 Å². The van der Waals surface area contributed by atoms with Gasteiger partial charge in [-0.1, -0.05) is 56.3 Å². The quantitative estimate of drug-likeness (QED) is 0.650. The Morgan fingerprint density at radius 1 is 1.04 bits per heavy atom. The molecule has 0 saturated carbocycles. The van der Waals surface area contributed by atoms with Gasteiger partial charge in [0.1, 0.15) is 12.3 Å². The Hall–Kier alpha value is -3.22. The predicted octanol–water partition coefficient (Wildman–Crippen LogP) is 3.25. The molecule has 0 aliphatic heterocycles. The minimum Gasteiger partial charge on any atom is -0.485 e. The summed E-state index contributed by atoms with van der Waals surface area (Å²) in [6.07, 6.45) is 0. The van der Waals surface area contributed by atoms with Crippen molar-refractivity contribution in [3.8, 4) is 5.75 Å². The molecule has 0 unspecified atom stereocenters. The zero-order valence-corrected chi connectivity index (χ0v) is 16.4. The lowest BCUT2D eigenvalue weighted by Crippen LogP contribution is -2.30. The fourth-order valence-electron chi connectivity index (χ4n) is 2.73. The second kappa shape index (κ2) is 9.12. The fourth-order valence-corrected chi connectivity index (χ4v) is 2.73. The van der Waals surface area contributed by atoms with Crippen molar-refractivity contribution in [3.63, 3.8) is 0 Å². The molecular formula is C21H25N5O2. The topological polar surface area (TPSA) is 81.9 Å². The van der Waals surface area contributed by atoms with Gasteiger partial charge in [0.05, 0.1) is 6.04 Å². The lowest BCUT2D eigenvalue weighted by atomic mass is 9.99. The summed E-state index contributed by atoms with van der Waals surface area (Å²) in [7, 11) is 0. The number of nitrogens with one attached hydrogen (secondary N) is 1. The molecule has 0 bridgehead atoms. The van der Waals surface area contributed by atoms with Gasteiger partial charge in [0.25, 0.3) is 0 Å². The molecule has 0 aliphatic rings. The van der Waals surface area contributed by atoms with E-state index >= 15 is 0 Å². The van der Waals surface area contributed by atoms with Crippen LogP contribution in [0.4, 0.5) is 0 Å². The van der Waals surface area contributed by atoms with E-state index in [1.54, 1.807) is 0 Å². The van der Waals surface area contributed by atoms with Gasteiger partial charge in [0.2, 0.25) is 11.7 Å². The van der Waals surface area contributed by atoms with Gasteiger partial charge in [-0.05, 0) is 41.3 Å². The Bertz CT molecular complexity index is 891. The van der Waals surface area contributed by atoms with Crippen LogP contribution >= 0.6 is 0 Å². The minimum atomic E-state index is -0.173. The number of hydrogen-bond donors (Lipinski definition) is 1. The van der Waals surface area contributed by atoms with E-state index in [9.17, 15) is 4.79 Å². The number of carbonyl (C=O) groups excluding carboxylic acids is 1. The van der Waals surface area contributed by atoms with Gasteiger partial charge in [0, 0.05) is 0 Å². The normalized spacial score (nSPS) is 12.0. The third-order valence-electron chi connectivity index (χ3n) is 4.37. The number of nitrogens with zero attached hydrogens (tertiary/aromatic N) is 4. The molecule has 0 radical (unpaired) electrons. The average Bonchev–Trinajstić information content (AvgIpc) is 3.14. The summed E-state index contributed by atoms with van der Waals surface area (Å²) >= 11 is 0. The summed E-state index contributed by atoms with van der Waals surface area (Å²) in [6, 6.07) is 17.6. The second-order valence-electron chi connectivity index (χ2n) is 6.95. The number of hydrogen-bond acceptors (Lipinski definition) is 5. The maximum Gasteiger partial charge on any atom is 0.244 e. The Morgan fingerprint density at radius 3 is 2.39 bits per heavy atom. The van der Waals surface area contributed by atoms with Gasteiger partial charge in [0.15, 0.2) is 6.61 Å². The summed E-state index contributed by atoms with van der Waals surface area (Å²) in [5, 5.41) is 15.0. The highest BCUT2D eigenvalue weighted by atomic mass is 16.5. The highest BCUT2D eigenvalue weighted by molar-refractivity contribution is 5.76. The largest absolute Gasteiger partial charge is 0.485 e. The van der Waals surface area contributed by atoms with E-state index in [0.717, 1.165) is 11.3 Å². The van der Waals surface area contributed by atoms with E-state index in [0.29, 0.717) is 11.7 Å². The van der Waals surface area contributed by atoms with E-state index in [1.165, 1.54) is 10.4 Å². The van der Waals surface area contributed by atoms with Crippen LogP contribution in [-0.4, -0.2) is 26.1 Å². The van der Waals surface area contributed by atoms with E-state index in [-0.39, 0.29) is 25.1 Å². The van der Waals surface area contributed by atoms with Gasteiger partial charge in [-0.25, -0.2) is 0 Å². The smallest absolute Gasteiger partial charge is 0.244 e. The standard InChI is InChI=1S/C21H25N5O2/c1-15(2)17-9-11-18(12-10-17)16(3)22-21(27)13-26-24-20(23-25-26)14-28-19-7-5-4-6-8-19/h4-12,15-16H,13-14H2,1-3H3,(H,22,27)/t16-/m0/s1. The molecule has 7 nitrogen and oxygen atoms in total. The monoisotopic (exact) mass is 379 g/mol. The fraction of sp³-hybridized carbons (Fsp3) is 0.333. The highest BCUT2D eigenvalue weighted by Crippen LogP contribution is 2.18. The maximum absolute atomic E-state index is 12.3. The Morgan fingerprint density at radius 2 is 1.71 bits per heavy atom. The molecule has 1 aromatic heterocycles. The van der Waals surface area contributed by atoms with Crippen LogP contribution in [0.25, 0.3) is 0 Å². The molecule has 1 amide bonds. The van der Waals surface area contributed by atoms with Crippen molar-refractivity contribution in [3.05, 3.63) is 71.5 Å². The second-order valence-corrected chi connectivity index (χ2v) is 6.95. The van der Waals surface area contributed by atoms with Crippen molar-refractivity contribution in [2.45, 2.75) is 45.9 Å². The first kappa shape index (κ1) is 19.5. The number of rotatable bonds is 8. The summed E-state index contributed by atoms with van der Waals surface area (Å²) in [5.41, 5.74) is 2.33. The first-order chi connectivity index (χ1) is 13.5. The number of carbonyl (C=O) groups is 1.